The molecule has 11 aromatic rings. The number of nitrogens with zero attached hydrogens (tertiary/aromatic N) is 5. The molecule has 0 amide bonds. The molecule has 0 unspecified atom stereocenters. The van der Waals surface area contributed by atoms with Crippen molar-refractivity contribution in [1.29, 1.82) is 0 Å². The minimum atomic E-state index is 0.0652. The van der Waals surface area contributed by atoms with Crippen LogP contribution in [0.15, 0.2) is 206 Å². The second-order valence-corrected chi connectivity index (χ2v) is 18.1. The molecule has 3 aliphatic heterocycles. The Kier molecular flexibility index (Phi) is 9.08. The maximum Gasteiger partial charge on any atom is 0.159 e. The molecule has 0 saturated heterocycles. The SMILES string of the molecule is NN1c2ccc(N(c3ccccc3)c3ccc(O)cc3)cc2Oc2ccc(-c3cccc4c3Oc3ccccc3N4c3ccc4c(c3)c3cc(N5c6ccc(O)cc6Oc6cc(O)ccc65)ccc3n4N)cc21. The molecule has 14 rings (SSSR count). The first-order valence-corrected chi connectivity index (χ1v) is 23.6. The quantitative estimate of drug-likeness (QED) is 0.101. The molecule has 0 radical (unpaired) electrons. The number of benzene rings is 10. The number of phenols is 3. The third-order valence-corrected chi connectivity index (χ3v) is 13.8. The number of hydrogen-bond donors (Lipinski definition) is 5. The lowest BCUT2D eigenvalue weighted by molar-refractivity contribution is 0.443. The Morgan fingerprint density at radius 1 is 0.370 bits per heavy atom. The molecule has 0 aliphatic carbocycles. The molecule has 13 heteroatoms. The Labute approximate surface area is 417 Å². The zero-order valence-electron chi connectivity index (χ0n) is 38.6. The molecule has 73 heavy (non-hydrogen) atoms. The molecule has 0 spiro atoms. The molecular weight excluding hydrogens is 915 g/mol. The van der Waals surface area contributed by atoms with Crippen LogP contribution in [0.3, 0.4) is 0 Å². The van der Waals surface area contributed by atoms with Crippen molar-refractivity contribution in [2.24, 2.45) is 5.84 Å². The lowest BCUT2D eigenvalue weighted by Crippen LogP contribution is -2.28. The van der Waals surface area contributed by atoms with Crippen molar-refractivity contribution in [2.75, 3.05) is 25.6 Å². The minimum Gasteiger partial charge on any atom is -0.508 e. The third kappa shape index (κ3) is 6.60. The molecule has 4 heterocycles. The van der Waals surface area contributed by atoms with Crippen molar-refractivity contribution < 1.29 is 29.5 Å². The van der Waals surface area contributed by atoms with E-state index < -0.39 is 0 Å². The molecule has 0 bridgehead atoms. The van der Waals surface area contributed by atoms with Crippen LogP contribution in [0.2, 0.25) is 0 Å². The predicted molar refractivity (Wildman–Crippen MR) is 287 cm³/mol. The van der Waals surface area contributed by atoms with Crippen molar-refractivity contribution >= 4 is 84.4 Å². The fourth-order valence-corrected chi connectivity index (χ4v) is 10.4. The summed E-state index contributed by atoms with van der Waals surface area (Å²) in [6.45, 7) is 0. The van der Waals surface area contributed by atoms with Gasteiger partial charge in [0.2, 0.25) is 0 Å². The number of hydrogen-bond acceptors (Lipinski definition) is 12. The summed E-state index contributed by atoms with van der Waals surface area (Å²) in [5.41, 5.74) is 12.4. The van der Waals surface area contributed by atoms with E-state index >= 15 is 0 Å². The van der Waals surface area contributed by atoms with Gasteiger partial charge in [0.25, 0.3) is 0 Å². The van der Waals surface area contributed by atoms with E-state index in [9.17, 15) is 15.3 Å². The van der Waals surface area contributed by atoms with E-state index in [0.717, 1.165) is 84.1 Å². The van der Waals surface area contributed by atoms with Gasteiger partial charge < -0.3 is 50.1 Å². The van der Waals surface area contributed by atoms with Crippen LogP contribution in [0.25, 0.3) is 32.9 Å². The summed E-state index contributed by atoms with van der Waals surface area (Å²) >= 11 is 0. The van der Waals surface area contributed by atoms with E-state index in [2.05, 4.69) is 51.1 Å². The summed E-state index contributed by atoms with van der Waals surface area (Å²) in [6.07, 6.45) is 0. The van der Waals surface area contributed by atoms with E-state index in [1.54, 1.807) is 46.1 Å². The van der Waals surface area contributed by atoms with Crippen molar-refractivity contribution in [1.82, 2.24) is 4.68 Å². The third-order valence-electron chi connectivity index (χ3n) is 13.8. The van der Waals surface area contributed by atoms with Gasteiger partial charge in [0.15, 0.2) is 34.5 Å². The van der Waals surface area contributed by atoms with Gasteiger partial charge in [-0.25, -0.2) is 5.84 Å². The Morgan fingerprint density at radius 3 is 1.63 bits per heavy atom. The zero-order valence-corrected chi connectivity index (χ0v) is 38.6. The number of aromatic hydroxyl groups is 3. The smallest absolute Gasteiger partial charge is 0.159 e. The molecule has 10 aromatic carbocycles. The Hall–Kier alpha value is -10.2. The van der Waals surface area contributed by atoms with Gasteiger partial charge in [0.1, 0.15) is 28.6 Å². The average Bonchev–Trinajstić information content (AvgIpc) is 3.69. The minimum absolute atomic E-state index is 0.0652. The normalized spacial score (nSPS) is 12.9. The topological polar surface area (TPSA) is 158 Å². The monoisotopic (exact) mass is 955 g/mol. The van der Waals surface area contributed by atoms with Crippen LogP contribution in [-0.4, -0.2) is 20.0 Å². The second kappa shape index (κ2) is 15.9. The fourth-order valence-electron chi connectivity index (χ4n) is 10.4. The highest BCUT2D eigenvalue weighted by Crippen LogP contribution is 2.57. The molecular formula is C60H41N7O6. The summed E-state index contributed by atoms with van der Waals surface area (Å²) in [6, 6.07) is 65.6. The van der Waals surface area contributed by atoms with Gasteiger partial charge in [0.05, 0.1) is 33.8 Å². The first-order chi connectivity index (χ1) is 35.7. The summed E-state index contributed by atoms with van der Waals surface area (Å²) in [5.74, 6) is 17.6. The number of hydrazine groups is 1. The molecule has 13 nitrogen and oxygen atoms in total. The number of nitrogens with two attached hydrogens (primary N) is 2. The maximum atomic E-state index is 10.4. The van der Waals surface area contributed by atoms with Crippen LogP contribution < -0.4 is 45.6 Å². The molecule has 352 valence electrons. The summed E-state index contributed by atoms with van der Waals surface area (Å²) in [4.78, 5) is 6.37. The summed E-state index contributed by atoms with van der Waals surface area (Å²) in [5, 5.41) is 34.4. The Balaban J connectivity index is 0.841. The van der Waals surface area contributed by atoms with E-state index in [1.807, 2.05) is 133 Å². The first kappa shape index (κ1) is 41.7. The van der Waals surface area contributed by atoms with E-state index in [4.69, 9.17) is 25.9 Å². The van der Waals surface area contributed by atoms with Crippen molar-refractivity contribution in [3.05, 3.63) is 206 Å². The number of phenolic OH excluding ortho intramolecular Hbond substituents is 3. The van der Waals surface area contributed by atoms with E-state index in [1.165, 1.54) is 0 Å². The first-order valence-electron chi connectivity index (χ1n) is 23.6. The highest BCUT2D eigenvalue weighted by atomic mass is 16.5. The van der Waals surface area contributed by atoms with Crippen LogP contribution in [-0.2, 0) is 0 Å². The number of rotatable bonds is 6. The summed E-state index contributed by atoms with van der Waals surface area (Å²) < 4.78 is 21.4. The van der Waals surface area contributed by atoms with Crippen molar-refractivity contribution in [2.45, 2.75) is 0 Å². The van der Waals surface area contributed by atoms with E-state index in [-0.39, 0.29) is 17.2 Å². The maximum absolute atomic E-state index is 10.4. The lowest BCUT2D eigenvalue weighted by Gasteiger charge is -2.34. The number of aromatic nitrogens is 1. The molecule has 3 aliphatic rings. The number of anilines is 11. The van der Waals surface area contributed by atoms with E-state index in [0.29, 0.717) is 45.9 Å². The molecule has 0 atom stereocenters. The highest BCUT2D eigenvalue weighted by molar-refractivity contribution is 6.11. The van der Waals surface area contributed by atoms with Gasteiger partial charge in [0, 0.05) is 63.0 Å². The van der Waals surface area contributed by atoms with Crippen LogP contribution in [0.4, 0.5) is 62.6 Å². The Bertz CT molecular complexity index is 4020. The molecule has 7 N–H and O–H groups in total. The number of ether oxygens (including phenoxy) is 3. The van der Waals surface area contributed by atoms with Gasteiger partial charge in [-0.3, -0.25) is 9.69 Å². The standard InChI is InChI=1S/C60H41N7O6/c61-66-47-23-16-38(64-50-26-21-42(69)33-58(50)72-59-34-43(70)22-27-51(59)64)30-45(47)46-31-39(17-24-48(46)66)65-49-10-4-5-12-55(49)73-60-44(9-6-11-53(60)65)35-13-28-56-54(29-35)67(62)52-25-18-40(32-57(52)71-56)63(36-7-2-1-3-8-36)37-14-19-41(68)20-15-37/h1-34,68-70H,61-62H2. The molecule has 1 aromatic heterocycles. The van der Waals surface area contributed by atoms with Crippen LogP contribution in [0.5, 0.6) is 51.7 Å². The number of para-hydroxylation sites is 4. The summed E-state index contributed by atoms with van der Waals surface area (Å²) in [7, 11) is 0. The largest absolute Gasteiger partial charge is 0.508 e. The van der Waals surface area contributed by atoms with Crippen LogP contribution in [0.1, 0.15) is 0 Å². The highest BCUT2D eigenvalue weighted by Gasteiger charge is 2.32. The van der Waals surface area contributed by atoms with Crippen molar-refractivity contribution in [3.8, 4) is 62.9 Å². The zero-order chi connectivity index (χ0) is 49.1. The van der Waals surface area contributed by atoms with Gasteiger partial charge >= 0.3 is 0 Å². The molecule has 0 saturated carbocycles. The lowest BCUT2D eigenvalue weighted by atomic mass is 9.99. The van der Waals surface area contributed by atoms with Gasteiger partial charge in [-0.15, -0.1) is 0 Å². The Morgan fingerprint density at radius 2 is 0.918 bits per heavy atom. The molecule has 0 fully saturated rings. The van der Waals surface area contributed by atoms with Crippen molar-refractivity contribution in [3.63, 3.8) is 0 Å². The van der Waals surface area contributed by atoms with Gasteiger partial charge in [-0.05, 0) is 145 Å². The van der Waals surface area contributed by atoms with Gasteiger partial charge in [-0.2, -0.15) is 0 Å². The second-order valence-electron chi connectivity index (χ2n) is 18.1. The predicted octanol–water partition coefficient (Wildman–Crippen LogP) is 15.0. The van der Waals surface area contributed by atoms with Crippen LogP contribution in [0, 0.1) is 0 Å². The number of fused-ring (bicyclic) bond motifs is 9. The number of nitrogen functional groups attached to an aromatic ring is 1. The fraction of sp³-hybridized carbons (Fsp3) is 0. The van der Waals surface area contributed by atoms with Crippen LogP contribution >= 0.6 is 0 Å². The average molecular weight is 956 g/mol. The van der Waals surface area contributed by atoms with Gasteiger partial charge in [-0.1, -0.05) is 48.5 Å².